The van der Waals surface area contributed by atoms with E-state index in [0.29, 0.717) is 30.7 Å². The Morgan fingerprint density at radius 1 is 0.944 bits per heavy atom. The number of rotatable bonds is 6. The molecule has 0 aromatic heterocycles. The molecule has 0 radical (unpaired) electrons. The minimum atomic E-state index is -0.588. The molecule has 194 valence electrons. The Morgan fingerprint density at radius 2 is 1.75 bits per heavy atom. The van der Waals surface area contributed by atoms with E-state index >= 15 is 0 Å². The zero-order valence-corrected chi connectivity index (χ0v) is 21.1. The van der Waals surface area contributed by atoms with Gasteiger partial charge in [-0.15, -0.1) is 0 Å². The van der Waals surface area contributed by atoms with E-state index in [2.05, 4.69) is 10.2 Å². The largest absolute Gasteiger partial charge is 0.489 e. The van der Waals surface area contributed by atoms with Crippen molar-refractivity contribution in [1.29, 1.82) is 0 Å². The summed E-state index contributed by atoms with van der Waals surface area (Å²) in [7, 11) is 1.84. The highest BCUT2D eigenvalue weighted by Crippen LogP contribution is 2.40. The van der Waals surface area contributed by atoms with E-state index in [1.54, 1.807) is 4.90 Å². The average Bonchev–Trinajstić information content (AvgIpc) is 3.43. The van der Waals surface area contributed by atoms with Crippen molar-refractivity contribution in [3.8, 4) is 5.75 Å². The lowest BCUT2D eigenvalue weighted by Gasteiger charge is -2.49. The molecule has 1 unspecified atom stereocenters. The summed E-state index contributed by atoms with van der Waals surface area (Å²) in [5.74, 6) is 1.67. The van der Waals surface area contributed by atoms with Gasteiger partial charge in [0.15, 0.2) is 0 Å². The number of fused-ring (bicyclic) bond motifs is 1. The number of nitrogens with one attached hydrogen (secondary N) is 1. The summed E-state index contributed by atoms with van der Waals surface area (Å²) < 4.78 is 12.1. The third kappa shape index (κ3) is 4.43. The van der Waals surface area contributed by atoms with Crippen molar-refractivity contribution in [1.82, 2.24) is 15.1 Å². The third-order valence-electron chi connectivity index (χ3n) is 9.33. The monoisotopic (exact) mass is 495 g/mol. The van der Waals surface area contributed by atoms with E-state index in [9.17, 15) is 14.4 Å². The van der Waals surface area contributed by atoms with Crippen molar-refractivity contribution in [2.75, 3.05) is 20.2 Å². The van der Waals surface area contributed by atoms with Crippen molar-refractivity contribution in [2.24, 2.45) is 11.8 Å². The van der Waals surface area contributed by atoms with Gasteiger partial charge in [0.05, 0.1) is 6.10 Å². The Balaban J connectivity index is 1.05. The second kappa shape index (κ2) is 9.78. The number of imide groups is 1. The summed E-state index contributed by atoms with van der Waals surface area (Å²) in [6.45, 7) is 2.75. The molecule has 8 nitrogen and oxygen atoms in total. The Kier molecular flexibility index (Phi) is 6.50. The van der Waals surface area contributed by atoms with Gasteiger partial charge in [-0.1, -0.05) is 0 Å². The van der Waals surface area contributed by atoms with Gasteiger partial charge in [0.25, 0.3) is 5.91 Å². The second-order valence-electron chi connectivity index (χ2n) is 11.4. The molecule has 8 heteroatoms. The predicted octanol–water partition coefficient (Wildman–Crippen LogP) is 2.88. The van der Waals surface area contributed by atoms with Crippen LogP contribution >= 0.6 is 0 Å². The Morgan fingerprint density at radius 3 is 2.50 bits per heavy atom. The molecular weight excluding hydrogens is 458 g/mol. The Hall–Kier alpha value is -2.45. The fourth-order valence-corrected chi connectivity index (χ4v) is 7.17. The van der Waals surface area contributed by atoms with Crippen molar-refractivity contribution >= 4 is 17.7 Å². The maximum atomic E-state index is 13.0. The van der Waals surface area contributed by atoms with Gasteiger partial charge in [-0.3, -0.25) is 24.6 Å². The highest BCUT2D eigenvalue weighted by Gasteiger charge is 2.43. The molecule has 3 aliphatic heterocycles. The minimum Gasteiger partial charge on any atom is -0.489 e. The molecule has 2 saturated carbocycles. The molecule has 36 heavy (non-hydrogen) atoms. The first kappa shape index (κ1) is 23.9. The van der Waals surface area contributed by atoms with Crippen LogP contribution < -0.4 is 10.1 Å². The van der Waals surface area contributed by atoms with Crippen LogP contribution in [0.1, 0.15) is 73.7 Å². The molecule has 5 aliphatic rings. The van der Waals surface area contributed by atoms with Crippen LogP contribution in [0, 0.1) is 11.8 Å². The van der Waals surface area contributed by atoms with E-state index in [1.807, 2.05) is 25.3 Å². The van der Waals surface area contributed by atoms with Crippen molar-refractivity contribution in [3.05, 3.63) is 29.3 Å². The molecule has 0 spiro atoms. The fourth-order valence-electron chi connectivity index (χ4n) is 7.17. The number of amides is 3. The van der Waals surface area contributed by atoms with Crippen LogP contribution in [-0.4, -0.2) is 72.0 Å². The first-order valence-corrected chi connectivity index (χ1v) is 13.7. The fraction of sp³-hybridized carbons (Fsp3) is 0.679. The lowest BCUT2D eigenvalue weighted by Crippen LogP contribution is -2.57. The smallest absolute Gasteiger partial charge is 0.255 e. The number of methoxy groups -OCH3 is 1. The van der Waals surface area contributed by atoms with Gasteiger partial charge in [0, 0.05) is 44.8 Å². The van der Waals surface area contributed by atoms with Gasteiger partial charge in [-0.05, 0) is 87.0 Å². The van der Waals surface area contributed by atoms with Gasteiger partial charge in [0.2, 0.25) is 11.8 Å². The van der Waals surface area contributed by atoms with Crippen molar-refractivity contribution in [3.63, 3.8) is 0 Å². The number of likely N-dealkylation sites (tertiary alicyclic amines) is 1. The number of carbonyl (C=O) groups excluding carboxylic acids is 3. The topological polar surface area (TPSA) is 88.2 Å². The predicted molar refractivity (Wildman–Crippen MR) is 132 cm³/mol. The van der Waals surface area contributed by atoms with Gasteiger partial charge >= 0.3 is 0 Å². The maximum Gasteiger partial charge on any atom is 0.255 e. The standard InChI is InChI=1S/C28H37N3O5/c1-35-20-7-5-17(6-8-20)19-14-30(15-19)23-3-2-4-25(23)36-21-9-10-22-18(13-21)16-31(28(22)34)24-11-12-26(32)29-27(24)33/h9-10,13,17,19-20,23-25H,2-8,11-12,14-16H2,1H3,(H,29,32,33)/t17?,20?,23-,24?,25-/m0/s1. The summed E-state index contributed by atoms with van der Waals surface area (Å²) in [5.41, 5.74) is 1.52. The summed E-state index contributed by atoms with van der Waals surface area (Å²) >= 11 is 0. The van der Waals surface area contributed by atoms with Crippen molar-refractivity contribution < 1.29 is 23.9 Å². The third-order valence-corrected chi connectivity index (χ3v) is 9.33. The van der Waals surface area contributed by atoms with Gasteiger partial charge in [-0.2, -0.15) is 0 Å². The SMILES string of the molecule is COC1CCC(C2CN([C@H]3CCC[C@@H]3Oc3ccc4c(c3)CN(C3CCC(=O)NC3=O)C4=O)C2)CC1. The van der Waals surface area contributed by atoms with Crippen LogP contribution in [-0.2, 0) is 20.9 Å². The number of carbonyl (C=O) groups is 3. The molecule has 1 N–H and O–H groups in total. The molecular formula is C28H37N3O5. The summed E-state index contributed by atoms with van der Waals surface area (Å²) in [5, 5.41) is 2.36. The highest BCUT2D eigenvalue weighted by atomic mass is 16.5. The first-order valence-electron chi connectivity index (χ1n) is 13.7. The van der Waals surface area contributed by atoms with Crippen LogP contribution in [0.25, 0.3) is 0 Å². The molecule has 1 aromatic carbocycles. The highest BCUT2D eigenvalue weighted by molar-refractivity contribution is 6.05. The molecule has 4 fully saturated rings. The van der Waals surface area contributed by atoms with Crippen LogP contribution in [0.2, 0.25) is 0 Å². The molecule has 3 heterocycles. The van der Waals surface area contributed by atoms with Gasteiger partial charge in [-0.25, -0.2) is 0 Å². The number of ether oxygens (including phenoxy) is 2. The number of benzene rings is 1. The number of piperidine rings is 1. The molecule has 3 amide bonds. The van der Waals surface area contributed by atoms with Crippen molar-refractivity contribution in [2.45, 2.75) is 88.6 Å². The number of nitrogens with zero attached hydrogens (tertiary/aromatic N) is 2. The molecule has 2 saturated heterocycles. The lowest BCUT2D eigenvalue weighted by atomic mass is 9.75. The Bertz CT molecular complexity index is 1030. The zero-order chi connectivity index (χ0) is 24.8. The van der Waals surface area contributed by atoms with Crippen LogP contribution in [0.5, 0.6) is 5.75 Å². The van der Waals surface area contributed by atoms with Gasteiger partial charge in [0.1, 0.15) is 17.9 Å². The minimum absolute atomic E-state index is 0.143. The van der Waals surface area contributed by atoms with E-state index in [-0.39, 0.29) is 30.2 Å². The molecule has 3 atom stereocenters. The molecule has 6 rings (SSSR count). The van der Waals surface area contributed by atoms with Crippen LogP contribution in [0.3, 0.4) is 0 Å². The lowest BCUT2D eigenvalue weighted by molar-refractivity contribution is -0.136. The summed E-state index contributed by atoms with van der Waals surface area (Å²) in [6, 6.07) is 5.58. The Labute approximate surface area is 212 Å². The van der Waals surface area contributed by atoms with Crippen LogP contribution in [0.15, 0.2) is 18.2 Å². The molecule has 0 bridgehead atoms. The van der Waals surface area contributed by atoms with Crippen LogP contribution in [0.4, 0.5) is 0 Å². The normalized spacial score (nSPS) is 33.4. The van der Waals surface area contributed by atoms with Gasteiger partial charge < -0.3 is 14.4 Å². The molecule has 2 aliphatic carbocycles. The summed E-state index contributed by atoms with van der Waals surface area (Å²) in [4.78, 5) is 41.0. The zero-order valence-electron chi connectivity index (χ0n) is 21.1. The number of hydrogen-bond acceptors (Lipinski definition) is 6. The maximum absolute atomic E-state index is 13.0. The average molecular weight is 496 g/mol. The van der Waals surface area contributed by atoms with E-state index in [0.717, 1.165) is 29.6 Å². The quantitative estimate of drug-likeness (QED) is 0.611. The molecule has 1 aromatic rings. The van der Waals surface area contributed by atoms with E-state index in [1.165, 1.54) is 51.6 Å². The van der Waals surface area contributed by atoms with E-state index < -0.39 is 6.04 Å². The second-order valence-corrected chi connectivity index (χ2v) is 11.4. The summed E-state index contributed by atoms with van der Waals surface area (Å²) in [6.07, 6.45) is 9.70. The number of hydrogen-bond donors (Lipinski definition) is 1. The first-order chi connectivity index (χ1) is 17.5. The van der Waals surface area contributed by atoms with E-state index in [4.69, 9.17) is 9.47 Å².